The Morgan fingerprint density at radius 1 is 1.21 bits per heavy atom. The topological polar surface area (TPSA) is 66.4 Å². The number of carboxylic acids is 1. The predicted molar refractivity (Wildman–Crippen MR) is 59.3 cm³/mol. The van der Waals surface area contributed by atoms with E-state index in [9.17, 15) is 22.8 Å². The van der Waals surface area contributed by atoms with E-state index in [4.69, 9.17) is 5.11 Å². The highest BCUT2D eigenvalue weighted by Gasteiger charge is 2.48. The van der Waals surface area contributed by atoms with Gasteiger partial charge in [0.05, 0.1) is 23.1 Å². The number of benzene rings is 1. The molecule has 0 aliphatic heterocycles. The highest BCUT2D eigenvalue weighted by Crippen LogP contribution is 2.40. The van der Waals surface area contributed by atoms with Crippen LogP contribution in [0.4, 0.5) is 18.9 Å². The van der Waals surface area contributed by atoms with Gasteiger partial charge in [-0.3, -0.25) is 9.59 Å². The Labute approximate surface area is 106 Å². The van der Waals surface area contributed by atoms with Gasteiger partial charge in [-0.05, 0) is 18.6 Å². The number of halogens is 3. The van der Waals surface area contributed by atoms with Crippen molar-refractivity contribution < 1.29 is 27.9 Å². The molecule has 0 heterocycles. The fourth-order valence-electron chi connectivity index (χ4n) is 1.82. The van der Waals surface area contributed by atoms with Gasteiger partial charge in [0.2, 0.25) is 5.91 Å². The molecular formula is C12H10F3NO3. The molecule has 2 rings (SSSR count). The van der Waals surface area contributed by atoms with Crippen molar-refractivity contribution in [3.8, 4) is 0 Å². The summed E-state index contributed by atoms with van der Waals surface area (Å²) in [4.78, 5) is 22.2. The smallest absolute Gasteiger partial charge is 0.418 e. The Hall–Kier alpha value is -2.05. The van der Waals surface area contributed by atoms with Crippen LogP contribution in [0.25, 0.3) is 0 Å². The highest BCUT2D eigenvalue weighted by atomic mass is 19.4. The van der Waals surface area contributed by atoms with Crippen molar-refractivity contribution in [3.05, 3.63) is 29.8 Å². The van der Waals surface area contributed by atoms with Crippen LogP contribution in [0.3, 0.4) is 0 Å². The minimum absolute atomic E-state index is 0.162. The van der Waals surface area contributed by atoms with Crippen molar-refractivity contribution in [3.63, 3.8) is 0 Å². The molecule has 1 aliphatic carbocycles. The third kappa shape index (κ3) is 2.86. The van der Waals surface area contributed by atoms with Crippen LogP contribution in [0.1, 0.15) is 12.0 Å². The molecule has 1 aromatic carbocycles. The van der Waals surface area contributed by atoms with E-state index in [1.54, 1.807) is 0 Å². The summed E-state index contributed by atoms with van der Waals surface area (Å²) in [5.41, 5.74) is -1.30. The van der Waals surface area contributed by atoms with Crippen molar-refractivity contribution in [2.24, 2.45) is 11.8 Å². The average Bonchev–Trinajstić information content (AvgIpc) is 3.08. The number of hydrogen-bond donors (Lipinski definition) is 2. The lowest BCUT2D eigenvalue weighted by Gasteiger charge is -2.13. The van der Waals surface area contributed by atoms with Gasteiger partial charge in [0, 0.05) is 0 Å². The van der Waals surface area contributed by atoms with E-state index in [1.165, 1.54) is 12.1 Å². The van der Waals surface area contributed by atoms with Crippen LogP contribution in [0.2, 0.25) is 0 Å². The number of alkyl halides is 3. The fraction of sp³-hybridized carbons (Fsp3) is 0.333. The minimum atomic E-state index is -4.57. The second-order valence-electron chi connectivity index (χ2n) is 4.32. The zero-order valence-electron chi connectivity index (χ0n) is 9.57. The van der Waals surface area contributed by atoms with E-state index in [-0.39, 0.29) is 12.1 Å². The molecule has 0 unspecified atom stereocenters. The Kier molecular flexibility index (Phi) is 3.21. The molecule has 1 aliphatic rings. The molecule has 2 N–H and O–H groups in total. The number of carboxylic acid groups (broad SMARTS) is 1. The lowest BCUT2D eigenvalue weighted by Crippen LogP contribution is -2.19. The SMILES string of the molecule is O=C(O)[C@H]1C[C@H]1C(=O)Nc1ccccc1C(F)(F)F. The fourth-order valence-corrected chi connectivity index (χ4v) is 1.82. The van der Waals surface area contributed by atoms with Crippen LogP contribution in [0.15, 0.2) is 24.3 Å². The second kappa shape index (κ2) is 4.56. The maximum Gasteiger partial charge on any atom is 0.418 e. The molecule has 1 aromatic rings. The third-order valence-electron chi connectivity index (χ3n) is 2.93. The van der Waals surface area contributed by atoms with Crippen LogP contribution in [-0.4, -0.2) is 17.0 Å². The largest absolute Gasteiger partial charge is 0.481 e. The first-order chi connectivity index (χ1) is 8.80. The summed E-state index contributed by atoms with van der Waals surface area (Å²) in [7, 11) is 0. The zero-order chi connectivity index (χ0) is 14.2. The molecule has 0 saturated heterocycles. The molecule has 0 radical (unpaired) electrons. The Morgan fingerprint density at radius 2 is 1.84 bits per heavy atom. The van der Waals surface area contributed by atoms with E-state index >= 15 is 0 Å². The number of para-hydroxylation sites is 1. The van der Waals surface area contributed by atoms with Crippen molar-refractivity contribution >= 4 is 17.6 Å². The first-order valence-corrected chi connectivity index (χ1v) is 5.50. The third-order valence-corrected chi connectivity index (χ3v) is 2.93. The van der Waals surface area contributed by atoms with Crippen LogP contribution in [0, 0.1) is 11.8 Å². The highest BCUT2D eigenvalue weighted by molar-refractivity contribution is 5.98. The molecule has 1 fully saturated rings. The van der Waals surface area contributed by atoms with E-state index in [1.807, 2.05) is 0 Å². The lowest BCUT2D eigenvalue weighted by atomic mass is 10.1. The van der Waals surface area contributed by atoms with Gasteiger partial charge in [-0.25, -0.2) is 0 Å². The van der Waals surface area contributed by atoms with E-state index in [2.05, 4.69) is 5.32 Å². The molecule has 102 valence electrons. The molecule has 1 saturated carbocycles. The van der Waals surface area contributed by atoms with E-state index in [0.717, 1.165) is 12.1 Å². The van der Waals surface area contributed by atoms with Crippen LogP contribution < -0.4 is 5.32 Å². The van der Waals surface area contributed by atoms with Crippen molar-refractivity contribution in [2.45, 2.75) is 12.6 Å². The number of rotatable bonds is 3. The summed E-state index contributed by atoms with van der Waals surface area (Å²) in [6.45, 7) is 0. The van der Waals surface area contributed by atoms with Crippen molar-refractivity contribution in [2.75, 3.05) is 5.32 Å². The van der Waals surface area contributed by atoms with Gasteiger partial charge in [0.15, 0.2) is 0 Å². The summed E-state index contributed by atoms with van der Waals surface area (Å²) in [5, 5.41) is 10.8. The Balaban J connectivity index is 2.12. The summed E-state index contributed by atoms with van der Waals surface area (Å²) in [6, 6.07) is 4.58. The maximum absolute atomic E-state index is 12.7. The molecule has 7 heteroatoms. The standard InChI is InChI=1S/C12H10F3NO3/c13-12(14,15)8-3-1-2-4-9(8)16-10(17)6-5-7(6)11(18)19/h1-4,6-7H,5H2,(H,16,17)(H,18,19)/t6-,7+/m1/s1. The number of nitrogens with one attached hydrogen (secondary N) is 1. The molecule has 0 spiro atoms. The molecule has 2 atom stereocenters. The van der Waals surface area contributed by atoms with Crippen LogP contribution >= 0.6 is 0 Å². The summed E-state index contributed by atoms with van der Waals surface area (Å²) in [5.74, 6) is -3.34. The van der Waals surface area contributed by atoms with Crippen molar-refractivity contribution in [1.82, 2.24) is 0 Å². The van der Waals surface area contributed by atoms with Crippen LogP contribution in [-0.2, 0) is 15.8 Å². The molecular weight excluding hydrogens is 263 g/mol. The first-order valence-electron chi connectivity index (χ1n) is 5.50. The maximum atomic E-state index is 12.7. The summed E-state index contributed by atoms with van der Waals surface area (Å²) in [6.07, 6.45) is -4.41. The van der Waals surface area contributed by atoms with Gasteiger partial charge in [-0.2, -0.15) is 13.2 Å². The van der Waals surface area contributed by atoms with Gasteiger partial charge in [0.1, 0.15) is 0 Å². The second-order valence-corrected chi connectivity index (χ2v) is 4.32. The van der Waals surface area contributed by atoms with E-state index in [0.29, 0.717) is 0 Å². The molecule has 0 bridgehead atoms. The first kappa shape index (κ1) is 13.4. The zero-order valence-corrected chi connectivity index (χ0v) is 9.57. The van der Waals surface area contributed by atoms with Gasteiger partial charge < -0.3 is 10.4 Å². The number of anilines is 1. The van der Waals surface area contributed by atoms with Gasteiger partial charge >= 0.3 is 12.1 Å². The average molecular weight is 273 g/mol. The monoisotopic (exact) mass is 273 g/mol. The van der Waals surface area contributed by atoms with E-state index < -0.39 is 35.5 Å². The van der Waals surface area contributed by atoms with Crippen molar-refractivity contribution in [1.29, 1.82) is 0 Å². The van der Waals surface area contributed by atoms with Gasteiger partial charge in [0.25, 0.3) is 0 Å². The summed E-state index contributed by atoms with van der Waals surface area (Å²) < 4.78 is 38.0. The molecule has 1 amide bonds. The number of carbonyl (C=O) groups is 2. The number of hydrogen-bond acceptors (Lipinski definition) is 2. The Bertz CT molecular complexity index is 527. The minimum Gasteiger partial charge on any atom is -0.481 e. The Morgan fingerprint density at radius 3 is 2.37 bits per heavy atom. The molecule has 0 aromatic heterocycles. The molecule has 19 heavy (non-hydrogen) atoms. The predicted octanol–water partition coefficient (Wildman–Crippen LogP) is 2.36. The quantitative estimate of drug-likeness (QED) is 0.888. The summed E-state index contributed by atoms with van der Waals surface area (Å²) >= 11 is 0. The number of amides is 1. The normalized spacial score (nSPS) is 21.8. The number of carbonyl (C=O) groups excluding carboxylic acids is 1. The van der Waals surface area contributed by atoms with Gasteiger partial charge in [-0.1, -0.05) is 12.1 Å². The van der Waals surface area contributed by atoms with Gasteiger partial charge in [-0.15, -0.1) is 0 Å². The van der Waals surface area contributed by atoms with Crippen LogP contribution in [0.5, 0.6) is 0 Å². The molecule has 4 nitrogen and oxygen atoms in total. The lowest BCUT2D eigenvalue weighted by molar-refractivity contribution is -0.140. The number of aliphatic carboxylic acids is 1.